The fraction of sp³-hybridized carbons (Fsp3) is 0.440. The first-order valence-corrected chi connectivity index (χ1v) is 11.6. The molecule has 4 nitrogen and oxygen atoms in total. The van der Waals surface area contributed by atoms with Crippen LogP contribution in [0.15, 0.2) is 36.4 Å². The van der Waals surface area contributed by atoms with Crippen LogP contribution in [-0.4, -0.2) is 23.8 Å². The van der Waals surface area contributed by atoms with Gasteiger partial charge in [0.15, 0.2) is 0 Å². The van der Waals surface area contributed by atoms with Crippen LogP contribution in [0.1, 0.15) is 57.6 Å². The molecule has 0 saturated carbocycles. The Morgan fingerprint density at radius 2 is 1.91 bits per heavy atom. The van der Waals surface area contributed by atoms with Crippen LogP contribution in [0.5, 0.6) is 0 Å². The number of rotatable bonds is 4. The smallest absolute Gasteiger partial charge is 0.237 e. The molecule has 0 unspecified atom stereocenters. The van der Waals surface area contributed by atoms with Crippen molar-refractivity contribution >= 4 is 40.6 Å². The van der Waals surface area contributed by atoms with Gasteiger partial charge in [0.25, 0.3) is 0 Å². The van der Waals surface area contributed by atoms with Crippen LogP contribution in [0.2, 0.25) is 10.0 Å². The van der Waals surface area contributed by atoms with Gasteiger partial charge in [-0.3, -0.25) is 9.59 Å². The van der Waals surface area contributed by atoms with E-state index in [1.54, 1.807) is 12.1 Å². The van der Waals surface area contributed by atoms with Crippen LogP contribution in [0.25, 0.3) is 0 Å². The summed E-state index contributed by atoms with van der Waals surface area (Å²) in [6, 6.07) is 9.04. The monoisotopic (exact) mass is 476 g/mol. The highest BCUT2D eigenvalue weighted by molar-refractivity contribution is 6.31. The summed E-state index contributed by atoms with van der Waals surface area (Å²) in [5, 5.41) is 6.89. The van der Waals surface area contributed by atoms with Crippen LogP contribution in [0.4, 0.5) is 10.1 Å². The minimum atomic E-state index is -1.19. The normalized spacial score (nSPS) is 27.0. The molecular weight excluding hydrogens is 450 g/mol. The Kier molecular flexibility index (Phi) is 5.89. The lowest BCUT2D eigenvalue weighted by molar-refractivity contribution is -0.122. The summed E-state index contributed by atoms with van der Waals surface area (Å²) in [6.07, 6.45) is 0.922. The van der Waals surface area contributed by atoms with Gasteiger partial charge in [-0.25, -0.2) is 4.39 Å². The molecule has 1 fully saturated rings. The van der Waals surface area contributed by atoms with Crippen molar-refractivity contribution in [2.45, 2.75) is 64.0 Å². The van der Waals surface area contributed by atoms with Crippen LogP contribution in [-0.2, 0) is 15.0 Å². The molecule has 170 valence electrons. The maximum absolute atomic E-state index is 14.7. The van der Waals surface area contributed by atoms with Gasteiger partial charge in [0, 0.05) is 29.1 Å². The lowest BCUT2D eigenvalue weighted by atomic mass is 9.62. The molecule has 1 amide bonds. The summed E-state index contributed by atoms with van der Waals surface area (Å²) >= 11 is 12.4. The zero-order chi connectivity index (χ0) is 23.4. The van der Waals surface area contributed by atoms with Gasteiger partial charge in [0.2, 0.25) is 5.91 Å². The Morgan fingerprint density at radius 1 is 1.19 bits per heavy atom. The molecule has 0 bridgehead atoms. The Bertz CT molecular complexity index is 1100. The van der Waals surface area contributed by atoms with E-state index < -0.39 is 29.2 Å². The Hall–Kier alpha value is -1.95. The number of nitrogens with one attached hydrogen (secondary N) is 2. The highest BCUT2D eigenvalue weighted by Gasteiger charge is 2.65. The number of carbonyl (C=O) groups excluding carboxylic acids is 2. The predicted octanol–water partition coefficient (Wildman–Crippen LogP) is 5.86. The summed E-state index contributed by atoms with van der Waals surface area (Å²) in [5.74, 6) is -1.40. The number of fused-ring (bicyclic) bond motifs is 2. The molecule has 32 heavy (non-hydrogen) atoms. The van der Waals surface area contributed by atoms with E-state index in [2.05, 4.69) is 31.4 Å². The molecule has 1 spiro atoms. The Labute approximate surface area is 197 Å². The van der Waals surface area contributed by atoms with Gasteiger partial charge in [0.05, 0.1) is 11.1 Å². The van der Waals surface area contributed by atoms with Crippen molar-refractivity contribution < 1.29 is 14.0 Å². The molecule has 2 aromatic carbocycles. The maximum Gasteiger partial charge on any atom is 0.237 e. The Balaban J connectivity index is 2.03. The van der Waals surface area contributed by atoms with Crippen molar-refractivity contribution in [3.05, 3.63) is 63.4 Å². The molecule has 0 aliphatic carbocycles. The molecule has 2 N–H and O–H groups in total. The quantitative estimate of drug-likeness (QED) is 0.580. The minimum Gasteiger partial charge on any atom is -0.325 e. The summed E-state index contributed by atoms with van der Waals surface area (Å²) in [6.45, 7) is 8.07. The zero-order valence-corrected chi connectivity index (χ0v) is 20.1. The van der Waals surface area contributed by atoms with E-state index in [0.29, 0.717) is 29.1 Å². The molecular formula is C25H27Cl2FN2O2. The van der Waals surface area contributed by atoms with Crippen molar-refractivity contribution in [3.63, 3.8) is 0 Å². The van der Waals surface area contributed by atoms with Gasteiger partial charge >= 0.3 is 0 Å². The number of amides is 1. The van der Waals surface area contributed by atoms with E-state index in [1.807, 2.05) is 19.1 Å². The van der Waals surface area contributed by atoms with E-state index in [4.69, 9.17) is 23.2 Å². The minimum absolute atomic E-state index is 0.00134. The van der Waals surface area contributed by atoms with E-state index >= 15 is 0 Å². The van der Waals surface area contributed by atoms with E-state index in [0.717, 1.165) is 5.56 Å². The largest absolute Gasteiger partial charge is 0.325 e. The SMILES string of the molecule is CCC(=O)[C@@H]1N[C@H](CC(C)(C)C)[C@]2(C(=O)Nc3cc(Cl)c(F)cc32)[C@H]1c1cccc(Cl)c1. The van der Waals surface area contributed by atoms with Crippen LogP contribution < -0.4 is 10.6 Å². The van der Waals surface area contributed by atoms with Gasteiger partial charge in [-0.15, -0.1) is 0 Å². The van der Waals surface area contributed by atoms with E-state index in [-0.39, 0.29) is 22.1 Å². The highest BCUT2D eigenvalue weighted by atomic mass is 35.5. The van der Waals surface area contributed by atoms with Gasteiger partial charge in [0.1, 0.15) is 17.0 Å². The van der Waals surface area contributed by atoms with Crippen LogP contribution in [0, 0.1) is 11.2 Å². The number of anilines is 1. The second-order valence-corrected chi connectivity index (χ2v) is 10.8. The average molecular weight is 477 g/mol. The van der Waals surface area contributed by atoms with Crippen LogP contribution in [0.3, 0.4) is 0 Å². The van der Waals surface area contributed by atoms with Gasteiger partial charge in [-0.2, -0.15) is 0 Å². The number of hydrogen-bond donors (Lipinski definition) is 2. The molecule has 1 saturated heterocycles. The van der Waals surface area contributed by atoms with E-state index in [9.17, 15) is 14.0 Å². The molecule has 0 aromatic heterocycles. The molecule has 2 aromatic rings. The maximum atomic E-state index is 14.7. The molecule has 4 atom stereocenters. The highest BCUT2D eigenvalue weighted by Crippen LogP contribution is 2.57. The number of halogens is 3. The second-order valence-electron chi connectivity index (χ2n) is 9.95. The van der Waals surface area contributed by atoms with Crippen molar-refractivity contribution in [2.75, 3.05) is 5.32 Å². The molecule has 2 aliphatic heterocycles. The summed E-state index contributed by atoms with van der Waals surface area (Å²) in [4.78, 5) is 27.0. The average Bonchev–Trinajstić information content (AvgIpc) is 3.17. The summed E-state index contributed by atoms with van der Waals surface area (Å²) in [7, 11) is 0. The molecule has 0 radical (unpaired) electrons. The van der Waals surface area contributed by atoms with Crippen molar-refractivity contribution in [2.24, 2.45) is 5.41 Å². The van der Waals surface area contributed by atoms with Crippen molar-refractivity contribution in [3.8, 4) is 0 Å². The third-order valence-electron chi connectivity index (χ3n) is 6.60. The molecule has 2 aliphatic rings. The van der Waals surface area contributed by atoms with Crippen LogP contribution >= 0.6 is 23.2 Å². The lowest BCUT2D eigenvalue weighted by Gasteiger charge is -2.37. The molecule has 4 rings (SSSR count). The zero-order valence-electron chi connectivity index (χ0n) is 18.6. The summed E-state index contributed by atoms with van der Waals surface area (Å²) in [5.41, 5.74) is 0.448. The molecule has 2 heterocycles. The number of hydrogen-bond acceptors (Lipinski definition) is 3. The van der Waals surface area contributed by atoms with Crippen molar-refractivity contribution in [1.82, 2.24) is 5.32 Å². The third kappa shape index (κ3) is 3.64. The fourth-order valence-electron chi connectivity index (χ4n) is 5.41. The second kappa shape index (κ2) is 8.12. The first-order chi connectivity index (χ1) is 15.0. The van der Waals surface area contributed by atoms with Gasteiger partial charge in [-0.05, 0) is 47.2 Å². The standard InChI is InChI=1S/C25H27Cl2FN2O2/c1-5-19(31)22-21(13-7-6-8-14(26)9-13)25(20(30-22)12-24(2,3)4)15-10-17(28)16(27)11-18(15)29-23(25)32/h6-11,20-22,30H,5,12H2,1-4H3,(H,29,32)/t20-,21+,22+,25+/m1/s1. The Morgan fingerprint density at radius 3 is 2.53 bits per heavy atom. The third-order valence-corrected chi connectivity index (χ3v) is 7.13. The van der Waals surface area contributed by atoms with Gasteiger partial charge in [-0.1, -0.05) is 63.0 Å². The van der Waals surface area contributed by atoms with Gasteiger partial charge < -0.3 is 10.6 Å². The fourth-order valence-corrected chi connectivity index (χ4v) is 5.77. The first-order valence-electron chi connectivity index (χ1n) is 10.8. The van der Waals surface area contributed by atoms with Crippen molar-refractivity contribution in [1.29, 1.82) is 0 Å². The number of benzene rings is 2. The lowest BCUT2D eigenvalue weighted by Crippen LogP contribution is -2.49. The number of carbonyl (C=O) groups is 2. The topological polar surface area (TPSA) is 58.2 Å². The number of ketones is 1. The predicted molar refractivity (Wildman–Crippen MR) is 126 cm³/mol. The summed E-state index contributed by atoms with van der Waals surface area (Å²) < 4.78 is 14.7. The molecule has 7 heteroatoms. The number of Topliss-reactive ketones (excluding diaryl/α,β-unsaturated/α-hetero) is 1. The first kappa shape index (κ1) is 23.2. The van der Waals surface area contributed by atoms with E-state index in [1.165, 1.54) is 12.1 Å².